The molecule has 1 rings (SSSR count). The molecule has 2 nitrogen and oxygen atoms in total. The van der Waals surface area contributed by atoms with Crippen LogP contribution in [0.15, 0.2) is 30.3 Å². The number of hydrogen-bond donors (Lipinski definition) is 1. The number of ether oxygens (including phenoxy) is 1. The fourth-order valence-corrected chi connectivity index (χ4v) is 1.09. The van der Waals surface area contributed by atoms with E-state index in [1.165, 1.54) is 0 Å². The van der Waals surface area contributed by atoms with Gasteiger partial charge in [0.2, 0.25) is 0 Å². The Hall–Kier alpha value is -0.860. The summed E-state index contributed by atoms with van der Waals surface area (Å²) in [4.78, 5) is 0. The van der Waals surface area contributed by atoms with Crippen LogP contribution >= 0.6 is 0 Å². The van der Waals surface area contributed by atoms with Crippen molar-refractivity contribution in [3.63, 3.8) is 0 Å². The van der Waals surface area contributed by atoms with Gasteiger partial charge in [0.25, 0.3) is 0 Å². The fraction of sp³-hybridized carbons (Fsp3) is 0.364. The molecule has 0 heterocycles. The van der Waals surface area contributed by atoms with Gasteiger partial charge in [-0.2, -0.15) is 0 Å². The van der Waals surface area contributed by atoms with Crippen LogP contribution < -0.4 is 0 Å². The van der Waals surface area contributed by atoms with Crippen molar-refractivity contribution >= 4 is 0 Å². The topological polar surface area (TPSA) is 29.5 Å². The van der Waals surface area contributed by atoms with Gasteiger partial charge in [0, 0.05) is 13.0 Å². The number of aliphatic hydroxyl groups is 1. The van der Waals surface area contributed by atoms with Crippen molar-refractivity contribution in [2.45, 2.75) is 19.1 Å². The van der Waals surface area contributed by atoms with Gasteiger partial charge < -0.3 is 9.84 Å². The molecule has 1 aromatic rings. The lowest BCUT2D eigenvalue weighted by Gasteiger charge is -2.10. The SMILES string of the molecule is [CH2]CCOC(O)Cc1ccccc1. The smallest absolute Gasteiger partial charge is 0.158 e. The summed E-state index contributed by atoms with van der Waals surface area (Å²) in [6.45, 7) is 4.14. The summed E-state index contributed by atoms with van der Waals surface area (Å²) in [5, 5.41) is 9.38. The van der Waals surface area contributed by atoms with Gasteiger partial charge in [0.15, 0.2) is 6.29 Å². The van der Waals surface area contributed by atoms with E-state index < -0.39 is 6.29 Å². The second-order valence-corrected chi connectivity index (χ2v) is 2.87. The lowest BCUT2D eigenvalue weighted by Crippen LogP contribution is -2.15. The highest BCUT2D eigenvalue weighted by Gasteiger charge is 2.03. The summed E-state index contributed by atoms with van der Waals surface area (Å²) >= 11 is 0. The fourth-order valence-electron chi connectivity index (χ4n) is 1.09. The van der Waals surface area contributed by atoms with Crippen molar-refractivity contribution in [2.75, 3.05) is 6.61 Å². The molecule has 0 saturated heterocycles. The molecule has 1 aromatic carbocycles. The van der Waals surface area contributed by atoms with Gasteiger partial charge in [0.05, 0.1) is 0 Å². The molecule has 0 fully saturated rings. The minimum atomic E-state index is -0.704. The predicted molar refractivity (Wildman–Crippen MR) is 52.1 cm³/mol. The first-order chi connectivity index (χ1) is 6.33. The van der Waals surface area contributed by atoms with Crippen molar-refractivity contribution in [1.82, 2.24) is 0 Å². The molecule has 0 aromatic heterocycles. The zero-order valence-electron chi connectivity index (χ0n) is 7.65. The third-order valence-corrected chi connectivity index (χ3v) is 1.71. The summed E-state index contributed by atoms with van der Waals surface area (Å²) in [6, 6.07) is 9.78. The van der Waals surface area contributed by atoms with E-state index in [2.05, 4.69) is 6.92 Å². The van der Waals surface area contributed by atoms with E-state index >= 15 is 0 Å². The van der Waals surface area contributed by atoms with E-state index in [1.807, 2.05) is 30.3 Å². The molecule has 0 aliphatic rings. The minimum absolute atomic E-state index is 0.508. The molecular formula is C11H15O2. The average molecular weight is 179 g/mol. The van der Waals surface area contributed by atoms with E-state index in [-0.39, 0.29) is 0 Å². The van der Waals surface area contributed by atoms with Gasteiger partial charge in [-0.15, -0.1) is 0 Å². The first-order valence-electron chi connectivity index (χ1n) is 4.46. The van der Waals surface area contributed by atoms with Gasteiger partial charge in [-0.25, -0.2) is 0 Å². The highest BCUT2D eigenvalue weighted by Crippen LogP contribution is 2.03. The number of aliphatic hydroxyl groups excluding tert-OH is 1. The van der Waals surface area contributed by atoms with E-state index in [9.17, 15) is 5.11 Å². The maximum Gasteiger partial charge on any atom is 0.158 e. The highest BCUT2D eigenvalue weighted by atomic mass is 16.6. The summed E-state index contributed by atoms with van der Waals surface area (Å²) in [6.07, 6.45) is 0.524. The largest absolute Gasteiger partial charge is 0.368 e. The Morgan fingerprint density at radius 2 is 2.00 bits per heavy atom. The second-order valence-electron chi connectivity index (χ2n) is 2.87. The molecule has 0 amide bonds. The normalized spacial score (nSPS) is 12.8. The molecule has 1 atom stereocenters. The van der Waals surface area contributed by atoms with Crippen LogP contribution in [-0.2, 0) is 11.2 Å². The van der Waals surface area contributed by atoms with Crippen molar-refractivity contribution in [3.05, 3.63) is 42.8 Å². The summed E-state index contributed by atoms with van der Waals surface area (Å²) < 4.78 is 5.09. The zero-order chi connectivity index (χ0) is 9.52. The van der Waals surface area contributed by atoms with Gasteiger partial charge in [-0.1, -0.05) is 37.3 Å². The maximum absolute atomic E-state index is 9.38. The molecule has 71 valence electrons. The average Bonchev–Trinajstić information content (AvgIpc) is 2.16. The second kappa shape index (κ2) is 5.73. The molecule has 1 radical (unpaired) electrons. The number of rotatable bonds is 5. The highest BCUT2D eigenvalue weighted by molar-refractivity contribution is 5.14. The van der Waals surface area contributed by atoms with Gasteiger partial charge in [-0.3, -0.25) is 0 Å². The number of hydrogen-bond acceptors (Lipinski definition) is 2. The lowest BCUT2D eigenvalue weighted by molar-refractivity contribution is -0.0960. The lowest BCUT2D eigenvalue weighted by atomic mass is 10.1. The third kappa shape index (κ3) is 4.06. The van der Waals surface area contributed by atoms with Crippen LogP contribution in [0.5, 0.6) is 0 Å². The predicted octanol–water partition coefficient (Wildman–Crippen LogP) is 1.79. The van der Waals surface area contributed by atoms with Gasteiger partial charge in [0.1, 0.15) is 0 Å². The molecule has 2 heteroatoms. The Balaban J connectivity index is 2.32. The Morgan fingerprint density at radius 1 is 1.31 bits per heavy atom. The van der Waals surface area contributed by atoms with Crippen molar-refractivity contribution in [1.29, 1.82) is 0 Å². The Labute approximate surface area is 79.2 Å². The van der Waals surface area contributed by atoms with E-state index in [1.54, 1.807) is 0 Å². The number of benzene rings is 1. The molecule has 0 spiro atoms. The molecule has 0 aliphatic heterocycles. The Kier molecular flexibility index (Phi) is 4.50. The quantitative estimate of drug-likeness (QED) is 0.698. The summed E-state index contributed by atoms with van der Waals surface area (Å²) in [7, 11) is 0. The van der Waals surface area contributed by atoms with Crippen LogP contribution in [0.4, 0.5) is 0 Å². The van der Waals surface area contributed by atoms with E-state index in [4.69, 9.17) is 4.74 Å². The summed E-state index contributed by atoms with van der Waals surface area (Å²) in [5.74, 6) is 0. The minimum Gasteiger partial charge on any atom is -0.368 e. The first-order valence-corrected chi connectivity index (χ1v) is 4.46. The van der Waals surface area contributed by atoms with Crippen LogP contribution in [0.3, 0.4) is 0 Å². The van der Waals surface area contributed by atoms with Crippen LogP contribution in [0, 0.1) is 6.92 Å². The summed E-state index contributed by atoms with van der Waals surface area (Å²) in [5.41, 5.74) is 1.08. The Morgan fingerprint density at radius 3 is 2.62 bits per heavy atom. The van der Waals surface area contributed by atoms with Gasteiger partial charge >= 0.3 is 0 Å². The van der Waals surface area contributed by atoms with Crippen LogP contribution in [0.1, 0.15) is 12.0 Å². The molecule has 1 unspecified atom stereocenters. The van der Waals surface area contributed by atoms with Crippen molar-refractivity contribution in [3.8, 4) is 0 Å². The Bertz CT molecular complexity index is 221. The molecule has 0 saturated carbocycles. The molecule has 1 N–H and O–H groups in total. The molecule has 13 heavy (non-hydrogen) atoms. The van der Waals surface area contributed by atoms with E-state index in [0.717, 1.165) is 5.56 Å². The van der Waals surface area contributed by atoms with Crippen LogP contribution in [0.2, 0.25) is 0 Å². The van der Waals surface area contributed by atoms with Crippen LogP contribution in [0.25, 0.3) is 0 Å². The van der Waals surface area contributed by atoms with Crippen molar-refractivity contribution in [2.24, 2.45) is 0 Å². The molecular weight excluding hydrogens is 164 g/mol. The maximum atomic E-state index is 9.38. The standard InChI is InChI=1S/C11H15O2/c1-2-8-13-11(12)9-10-6-4-3-5-7-10/h3-7,11-12H,1-2,8-9H2. The monoisotopic (exact) mass is 179 g/mol. The van der Waals surface area contributed by atoms with Crippen molar-refractivity contribution < 1.29 is 9.84 Å². The third-order valence-electron chi connectivity index (χ3n) is 1.71. The first kappa shape index (κ1) is 10.2. The molecule has 0 aliphatic carbocycles. The van der Waals surface area contributed by atoms with Crippen LogP contribution in [-0.4, -0.2) is 18.0 Å². The molecule has 0 bridgehead atoms. The zero-order valence-corrected chi connectivity index (χ0v) is 7.65. The van der Waals surface area contributed by atoms with E-state index in [0.29, 0.717) is 19.4 Å². The van der Waals surface area contributed by atoms with Gasteiger partial charge in [-0.05, 0) is 12.0 Å².